The van der Waals surface area contributed by atoms with Crippen LogP contribution in [0.3, 0.4) is 0 Å². The van der Waals surface area contributed by atoms with E-state index >= 15 is 0 Å². The molecule has 0 aliphatic heterocycles. The summed E-state index contributed by atoms with van der Waals surface area (Å²) in [5.74, 6) is 0. The van der Waals surface area contributed by atoms with Crippen LogP contribution in [0.5, 0.6) is 0 Å². The lowest BCUT2D eigenvalue weighted by atomic mass is 9.96. The molecule has 0 heterocycles. The molecule has 0 spiro atoms. The fourth-order valence-corrected chi connectivity index (χ4v) is 2.95. The van der Waals surface area contributed by atoms with Crippen LogP contribution in [0.15, 0.2) is 60.7 Å². The summed E-state index contributed by atoms with van der Waals surface area (Å²) in [5, 5.41) is 2.39. The molecule has 0 aliphatic carbocycles. The van der Waals surface area contributed by atoms with Crippen LogP contribution in [0.25, 0.3) is 10.8 Å². The van der Waals surface area contributed by atoms with Crippen molar-refractivity contribution in [3.05, 3.63) is 82.9 Å². The average Bonchev–Trinajstić information content (AvgIpc) is 2.48. The van der Waals surface area contributed by atoms with Crippen molar-refractivity contribution < 1.29 is 0 Å². The van der Waals surface area contributed by atoms with Gasteiger partial charge in [0.05, 0.1) is 5.38 Å². The molecule has 0 aliphatic rings. The molecule has 0 radical (unpaired) electrons. The fourth-order valence-electron chi connectivity index (χ4n) is 2.58. The fraction of sp³-hybridized carbons (Fsp3) is 0.158. The van der Waals surface area contributed by atoms with Gasteiger partial charge in [0.25, 0.3) is 0 Å². The quantitative estimate of drug-likeness (QED) is 0.522. The molecule has 100 valence electrons. The topological polar surface area (TPSA) is 0 Å². The Labute approximate surface area is 125 Å². The lowest BCUT2D eigenvalue weighted by molar-refractivity contribution is 1.11. The third kappa shape index (κ3) is 2.44. The monoisotopic (exact) mass is 280 g/mol. The standard InChI is InChI=1S/C19H17Cl/c1-13-7-8-14(2)18(11-13)19(20)17-10-9-15-5-3-4-6-16(15)12-17/h3-12,19H,1-2H3. The van der Waals surface area contributed by atoms with Crippen LogP contribution in [-0.2, 0) is 0 Å². The number of fused-ring (bicyclic) bond motifs is 1. The molecule has 0 fully saturated rings. The van der Waals surface area contributed by atoms with Crippen molar-refractivity contribution in [3.63, 3.8) is 0 Å². The molecule has 0 N–H and O–H groups in total. The van der Waals surface area contributed by atoms with Crippen molar-refractivity contribution in [2.75, 3.05) is 0 Å². The minimum absolute atomic E-state index is 0.0977. The molecule has 0 amide bonds. The van der Waals surface area contributed by atoms with E-state index < -0.39 is 0 Å². The number of benzene rings is 3. The predicted molar refractivity (Wildman–Crippen MR) is 87.6 cm³/mol. The number of hydrogen-bond acceptors (Lipinski definition) is 0. The van der Waals surface area contributed by atoms with Crippen LogP contribution in [-0.4, -0.2) is 0 Å². The van der Waals surface area contributed by atoms with Crippen molar-refractivity contribution >= 4 is 22.4 Å². The Balaban J connectivity index is 2.07. The number of alkyl halides is 1. The number of hydrogen-bond donors (Lipinski definition) is 0. The molecule has 0 saturated carbocycles. The largest absolute Gasteiger partial charge is 0.113 e. The highest BCUT2D eigenvalue weighted by Crippen LogP contribution is 2.33. The van der Waals surface area contributed by atoms with Crippen LogP contribution in [0.4, 0.5) is 0 Å². The lowest BCUT2D eigenvalue weighted by Gasteiger charge is -2.15. The minimum atomic E-state index is -0.0977. The Hall–Kier alpha value is -1.79. The van der Waals surface area contributed by atoms with Gasteiger partial charge in [-0.25, -0.2) is 0 Å². The van der Waals surface area contributed by atoms with Crippen molar-refractivity contribution in [2.24, 2.45) is 0 Å². The van der Waals surface area contributed by atoms with Crippen LogP contribution in [0.2, 0.25) is 0 Å². The Kier molecular flexibility index (Phi) is 3.50. The number of aryl methyl sites for hydroxylation is 2. The van der Waals surface area contributed by atoms with E-state index in [1.54, 1.807) is 0 Å². The Morgan fingerprint density at radius 2 is 1.55 bits per heavy atom. The summed E-state index contributed by atoms with van der Waals surface area (Å²) in [6.45, 7) is 4.22. The second-order valence-electron chi connectivity index (χ2n) is 5.33. The maximum atomic E-state index is 6.71. The van der Waals surface area contributed by atoms with Gasteiger partial charge in [-0.1, -0.05) is 60.2 Å². The number of rotatable bonds is 2. The third-order valence-electron chi connectivity index (χ3n) is 3.77. The summed E-state index contributed by atoms with van der Waals surface area (Å²) in [6, 6.07) is 21.3. The van der Waals surface area contributed by atoms with Crippen molar-refractivity contribution in [2.45, 2.75) is 19.2 Å². The molecule has 1 heteroatoms. The van der Waals surface area contributed by atoms with E-state index in [-0.39, 0.29) is 5.38 Å². The van der Waals surface area contributed by atoms with Gasteiger partial charge in [-0.05, 0) is 47.4 Å². The summed E-state index contributed by atoms with van der Waals surface area (Å²) in [4.78, 5) is 0. The van der Waals surface area contributed by atoms with Gasteiger partial charge >= 0.3 is 0 Å². The molecule has 1 atom stereocenters. The molecule has 3 rings (SSSR count). The summed E-state index contributed by atoms with van der Waals surface area (Å²) in [7, 11) is 0. The first-order chi connectivity index (χ1) is 9.65. The lowest BCUT2D eigenvalue weighted by Crippen LogP contribution is -1.97. The van der Waals surface area contributed by atoms with Crippen LogP contribution >= 0.6 is 11.6 Å². The van der Waals surface area contributed by atoms with Crippen LogP contribution in [0.1, 0.15) is 27.6 Å². The molecule has 3 aromatic carbocycles. The van der Waals surface area contributed by atoms with Gasteiger partial charge < -0.3 is 0 Å². The van der Waals surface area contributed by atoms with E-state index in [1.807, 2.05) is 0 Å². The van der Waals surface area contributed by atoms with E-state index in [9.17, 15) is 0 Å². The predicted octanol–water partition coefficient (Wildman–Crippen LogP) is 5.78. The Morgan fingerprint density at radius 3 is 2.35 bits per heavy atom. The summed E-state index contributed by atoms with van der Waals surface area (Å²) in [5.41, 5.74) is 4.84. The normalized spacial score (nSPS) is 12.6. The molecule has 20 heavy (non-hydrogen) atoms. The molecule has 1 unspecified atom stereocenters. The highest BCUT2D eigenvalue weighted by atomic mass is 35.5. The van der Waals surface area contributed by atoms with Crippen molar-refractivity contribution in [3.8, 4) is 0 Å². The first-order valence-corrected chi connectivity index (χ1v) is 7.29. The van der Waals surface area contributed by atoms with E-state index in [2.05, 4.69) is 74.5 Å². The summed E-state index contributed by atoms with van der Waals surface area (Å²) < 4.78 is 0. The maximum absolute atomic E-state index is 6.71. The molecule has 0 bridgehead atoms. The van der Waals surface area contributed by atoms with E-state index in [4.69, 9.17) is 11.6 Å². The van der Waals surface area contributed by atoms with Crippen molar-refractivity contribution in [1.82, 2.24) is 0 Å². The minimum Gasteiger partial charge on any atom is -0.113 e. The zero-order valence-corrected chi connectivity index (χ0v) is 12.5. The summed E-state index contributed by atoms with van der Waals surface area (Å²) in [6.07, 6.45) is 0. The molecular formula is C19H17Cl. The molecule has 0 nitrogen and oxygen atoms in total. The zero-order valence-electron chi connectivity index (χ0n) is 11.7. The van der Waals surface area contributed by atoms with Gasteiger partial charge in [-0.15, -0.1) is 11.6 Å². The third-order valence-corrected chi connectivity index (χ3v) is 4.26. The van der Waals surface area contributed by atoms with Crippen molar-refractivity contribution in [1.29, 1.82) is 0 Å². The van der Waals surface area contributed by atoms with E-state index in [1.165, 1.54) is 27.5 Å². The van der Waals surface area contributed by atoms with Gasteiger partial charge in [0.15, 0.2) is 0 Å². The maximum Gasteiger partial charge on any atom is 0.0838 e. The Bertz CT molecular complexity index is 759. The second kappa shape index (κ2) is 5.30. The average molecular weight is 281 g/mol. The van der Waals surface area contributed by atoms with Gasteiger partial charge in [-0.3, -0.25) is 0 Å². The van der Waals surface area contributed by atoms with Gasteiger partial charge in [0.1, 0.15) is 0 Å². The molecule has 0 aromatic heterocycles. The molecule has 3 aromatic rings. The molecular weight excluding hydrogens is 264 g/mol. The second-order valence-corrected chi connectivity index (χ2v) is 5.77. The van der Waals surface area contributed by atoms with Crippen LogP contribution in [0, 0.1) is 13.8 Å². The smallest absolute Gasteiger partial charge is 0.0838 e. The first-order valence-electron chi connectivity index (χ1n) is 6.85. The van der Waals surface area contributed by atoms with Gasteiger partial charge in [0.2, 0.25) is 0 Å². The van der Waals surface area contributed by atoms with Gasteiger partial charge in [0, 0.05) is 0 Å². The van der Waals surface area contributed by atoms with Gasteiger partial charge in [-0.2, -0.15) is 0 Å². The highest BCUT2D eigenvalue weighted by Gasteiger charge is 2.13. The SMILES string of the molecule is Cc1ccc(C)c(C(Cl)c2ccc3ccccc3c2)c1. The van der Waals surface area contributed by atoms with E-state index in [0.29, 0.717) is 0 Å². The zero-order chi connectivity index (χ0) is 14.1. The summed E-state index contributed by atoms with van der Waals surface area (Å²) >= 11 is 6.71. The first kappa shape index (κ1) is 13.2. The van der Waals surface area contributed by atoms with Crippen LogP contribution < -0.4 is 0 Å². The highest BCUT2D eigenvalue weighted by molar-refractivity contribution is 6.22. The number of halogens is 1. The van der Waals surface area contributed by atoms with E-state index in [0.717, 1.165) is 5.56 Å². The molecule has 0 saturated heterocycles. The Morgan fingerprint density at radius 1 is 0.800 bits per heavy atom.